The third kappa shape index (κ3) is 2.31. The molecule has 29 heavy (non-hydrogen) atoms. The monoisotopic (exact) mass is 392 g/mol. The molecule has 5 heterocycles. The normalized spacial score (nSPS) is 27.8. The van der Waals surface area contributed by atoms with Gasteiger partial charge in [0.05, 0.1) is 29.7 Å². The van der Waals surface area contributed by atoms with E-state index in [4.69, 9.17) is 9.84 Å². The molecule has 1 saturated carbocycles. The lowest BCUT2D eigenvalue weighted by Gasteiger charge is -2.30. The van der Waals surface area contributed by atoms with Gasteiger partial charge in [0, 0.05) is 12.1 Å². The van der Waals surface area contributed by atoms with E-state index in [0.717, 1.165) is 47.8 Å². The first kappa shape index (κ1) is 16.8. The third-order valence-electron chi connectivity index (χ3n) is 6.36. The van der Waals surface area contributed by atoms with Gasteiger partial charge in [0.15, 0.2) is 5.65 Å². The van der Waals surface area contributed by atoms with Crippen molar-refractivity contribution in [1.29, 1.82) is 0 Å². The number of piperidine rings is 1. The van der Waals surface area contributed by atoms with Crippen LogP contribution in [0.3, 0.4) is 0 Å². The van der Waals surface area contributed by atoms with Crippen molar-refractivity contribution in [3.63, 3.8) is 0 Å². The van der Waals surface area contributed by atoms with Gasteiger partial charge in [-0.2, -0.15) is 0 Å². The lowest BCUT2D eigenvalue weighted by Crippen LogP contribution is -2.35. The van der Waals surface area contributed by atoms with Gasteiger partial charge in [-0.1, -0.05) is 6.58 Å². The summed E-state index contributed by atoms with van der Waals surface area (Å²) in [4.78, 5) is 11.0. The fourth-order valence-electron chi connectivity index (χ4n) is 4.95. The average Bonchev–Trinajstić information content (AvgIpc) is 3.09. The summed E-state index contributed by atoms with van der Waals surface area (Å²) in [5.41, 5.74) is 2.81. The van der Waals surface area contributed by atoms with E-state index in [-0.39, 0.29) is 17.4 Å². The number of pyridine rings is 1. The quantitative estimate of drug-likeness (QED) is 0.635. The minimum absolute atomic E-state index is 0.0242. The van der Waals surface area contributed by atoms with Crippen molar-refractivity contribution in [3.05, 3.63) is 54.2 Å². The van der Waals surface area contributed by atoms with Crippen LogP contribution < -0.4 is 15.0 Å². The number of fused-ring (bicyclic) bond motifs is 3. The number of ether oxygens (including phenoxy) is 1. The largest absolute Gasteiger partial charge is 0.475 e. The zero-order valence-corrected chi connectivity index (χ0v) is 16.1. The van der Waals surface area contributed by atoms with E-state index in [1.165, 1.54) is 6.20 Å². The Kier molecular flexibility index (Phi) is 3.29. The molecule has 6 rings (SSSR count). The summed E-state index contributed by atoms with van der Waals surface area (Å²) in [6, 6.07) is 5.51. The van der Waals surface area contributed by atoms with Gasteiger partial charge < -0.3 is 15.0 Å². The molecule has 7 nitrogen and oxygen atoms in total. The summed E-state index contributed by atoms with van der Waals surface area (Å²) in [5, 5.41) is 8.24. The molecule has 2 bridgehead atoms. The molecule has 1 aliphatic carbocycles. The molecule has 3 aromatic rings. The van der Waals surface area contributed by atoms with Crippen LogP contribution in [0.5, 0.6) is 5.88 Å². The van der Waals surface area contributed by atoms with Crippen molar-refractivity contribution in [2.24, 2.45) is 5.92 Å². The van der Waals surface area contributed by atoms with E-state index in [9.17, 15) is 4.39 Å². The van der Waals surface area contributed by atoms with E-state index in [0.29, 0.717) is 18.4 Å². The van der Waals surface area contributed by atoms with Crippen LogP contribution in [-0.2, 0) is 5.54 Å². The van der Waals surface area contributed by atoms with Gasteiger partial charge in [0.2, 0.25) is 5.88 Å². The van der Waals surface area contributed by atoms with Gasteiger partial charge in [0.25, 0.3) is 0 Å². The molecular formula is C21H21FN6O. The molecule has 8 heteroatoms. The summed E-state index contributed by atoms with van der Waals surface area (Å²) in [6.45, 7) is 7.42. The Morgan fingerprint density at radius 2 is 2.21 bits per heavy atom. The summed E-state index contributed by atoms with van der Waals surface area (Å²) in [6.07, 6.45) is 4.99. The molecule has 0 radical (unpaired) electrons. The summed E-state index contributed by atoms with van der Waals surface area (Å²) in [5.74, 6) is 1.45. The topological polar surface area (TPSA) is 67.6 Å². The van der Waals surface area contributed by atoms with Gasteiger partial charge in [-0.05, 0) is 43.9 Å². The maximum absolute atomic E-state index is 14.2. The Hall–Kier alpha value is -3.16. The second kappa shape index (κ2) is 5.68. The molecule has 2 aliphatic heterocycles. The zero-order chi connectivity index (χ0) is 19.8. The predicted molar refractivity (Wildman–Crippen MR) is 106 cm³/mol. The van der Waals surface area contributed by atoms with Crippen molar-refractivity contribution in [1.82, 2.24) is 24.9 Å². The van der Waals surface area contributed by atoms with Crippen LogP contribution in [0.2, 0.25) is 0 Å². The Bertz CT molecular complexity index is 1160. The number of hydrogen-bond acceptors (Lipinski definition) is 6. The highest BCUT2D eigenvalue weighted by Crippen LogP contribution is 2.64. The van der Waals surface area contributed by atoms with Crippen molar-refractivity contribution < 1.29 is 9.13 Å². The molecule has 2 fully saturated rings. The Balaban J connectivity index is 1.57. The lowest BCUT2D eigenvalue weighted by molar-refractivity contribution is 0.268. The number of rotatable bonds is 0. The third-order valence-corrected chi connectivity index (χ3v) is 6.36. The maximum Gasteiger partial charge on any atom is 0.219 e. The number of anilines is 1. The highest BCUT2D eigenvalue weighted by Gasteiger charge is 2.65. The summed E-state index contributed by atoms with van der Waals surface area (Å²) >= 11 is 0. The van der Waals surface area contributed by atoms with Crippen LogP contribution in [0.15, 0.2) is 37.2 Å². The summed E-state index contributed by atoms with van der Waals surface area (Å²) < 4.78 is 22.1. The number of nitrogens with one attached hydrogen (secondary N) is 1. The molecule has 148 valence electrons. The smallest absolute Gasteiger partial charge is 0.219 e. The molecule has 1 N–H and O–H groups in total. The molecule has 3 aliphatic rings. The van der Waals surface area contributed by atoms with Crippen molar-refractivity contribution in [2.75, 3.05) is 18.1 Å². The number of imidazole rings is 1. The molecular weight excluding hydrogens is 371 g/mol. The van der Waals surface area contributed by atoms with Gasteiger partial charge in [0.1, 0.15) is 23.9 Å². The van der Waals surface area contributed by atoms with Crippen LogP contribution >= 0.6 is 0 Å². The van der Waals surface area contributed by atoms with Crippen LogP contribution in [0.1, 0.15) is 31.0 Å². The maximum atomic E-state index is 14.2. The van der Waals surface area contributed by atoms with Gasteiger partial charge in [-0.25, -0.2) is 18.9 Å². The first-order valence-electron chi connectivity index (χ1n) is 9.93. The standard InChI is InChI=1S/C21H21FN6O/c1-12-11-29-20-16(7-15(22)9-24-20)21-8-14(21)5-6-27(21)19-4-3-18-23-10-17(13(2)25-12)28(18)26-19/h3-4,7,9-10,12,14,25H,2,5-6,8,11H2,1H3/t12-,14?,21?/m1/s1. The Labute approximate surface area is 167 Å². The number of aromatic nitrogens is 4. The summed E-state index contributed by atoms with van der Waals surface area (Å²) in [7, 11) is 0. The highest BCUT2D eigenvalue weighted by molar-refractivity contribution is 5.63. The second-order valence-electron chi connectivity index (χ2n) is 8.21. The molecule has 0 aromatic carbocycles. The number of halogens is 1. The van der Waals surface area contributed by atoms with E-state index in [2.05, 4.69) is 26.8 Å². The van der Waals surface area contributed by atoms with Crippen molar-refractivity contribution in [2.45, 2.75) is 31.3 Å². The Morgan fingerprint density at radius 1 is 1.31 bits per heavy atom. The van der Waals surface area contributed by atoms with Gasteiger partial charge >= 0.3 is 0 Å². The Morgan fingerprint density at radius 3 is 3.07 bits per heavy atom. The minimum Gasteiger partial charge on any atom is -0.475 e. The lowest BCUT2D eigenvalue weighted by atomic mass is 10.0. The van der Waals surface area contributed by atoms with Crippen LogP contribution in [-0.4, -0.2) is 38.8 Å². The predicted octanol–water partition coefficient (Wildman–Crippen LogP) is 2.73. The molecule has 3 atom stereocenters. The fourth-order valence-corrected chi connectivity index (χ4v) is 4.95. The van der Waals surface area contributed by atoms with Crippen molar-refractivity contribution in [3.8, 4) is 5.88 Å². The molecule has 1 saturated heterocycles. The highest BCUT2D eigenvalue weighted by atomic mass is 19.1. The zero-order valence-electron chi connectivity index (χ0n) is 16.1. The van der Waals surface area contributed by atoms with E-state index >= 15 is 0 Å². The number of nitrogens with zero attached hydrogens (tertiary/aromatic N) is 5. The fraction of sp³-hybridized carbons (Fsp3) is 0.381. The average molecular weight is 392 g/mol. The first-order valence-corrected chi connectivity index (χ1v) is 9.93. The molecule has 3 aromatic heterocycles. The minimum atomic E-state index is -0.344. The van der Waals surface area contributed by atoms with Crippen LogP contribution in [0, 0.1) is 11.7 Å². The van der Waals surface area contributed by atoms with E-state index in [1.54, 1.807) is 12.3 Å². The van der Waals surface area contributed by atoms with Crippen LogP contribution in [0.25, 0.3) is 11.3 Å². The first-order chi connectivity index (χ1) is 14.1. The van der Waals surface area contributed by atoms with E-state index in [1.807, 2.05) is 23.6 Å². The SMILES string of the molecule is C=C1N[C@H](C)COc2ncc(F)cc2C23CC2CCN3c2ccc3ncc1n3n2. The number of hydrogen-bond donors (Lipinski definition) is 1. The van der Waals surface area contributed by atoms with Gasteiger partial charge in [-0.15, -0.1) is 5.10 Å². The van der Waals surface area contributed by atoms with Crippen LogP contribution in [0.4, 0.5) is 10.2 Å². The molecule has 1 spiro atoms. The second-order valence-corrected chi connectivity index (χ2v) is 8.21. The van der Waals surface area contributed by atoms with Crippen molar-refractivity contribution >= 4 is 17.2 Å². The molecule has 2 unspecified atom stereocenters. The van der Waals surface area contributed by atoms with Gasteiger partial charge in [-0.3, -0.25) is 0 Å². The van der Waals surface area contributed by atoms with E-state index < -0.39 is 0 Å². The molecule has 0 amide bonds.